The lowest BCUT2D eigenvalue weighted by Crippen LogP contribution is -2.34. The number of para-hydroxylation sites is 1. The van der Waals surface area contributed by atoms with Gasteiger partial charge in [-0.05, 0) is 68.0 Å². The molecule has 1 aliphatic rings. The molecule has 1 aliphatic carbocycles. The number of nitrogens with zero attached hydrogens (tertiary/aromatic N) is 3. The highest BCUT2D eigenvalue weighted by Crippen LogP contribution is 2.37. The van der Waals surface area contributed by atoms with Crippen LogP contribution < -0.4 is 15.5 Å². The number of halogens is 6. The van der Waals surface area contributed by atoms with Gasteiger partial charge in [-0.2, -0.15) is 31.3 Å². The van der Waals surface area contributed by atoms with Gasteiger partial charge < -0.3 is 15.5 Å². The first-order valence-electron chi connectivity index (χ1n) is 14.6. The molecule has 0 bridgehead atoms. The van der Waals surface area contributed by atoms with Crippen molar-refractivity contribution < 1.29 is 35.9 Å². The fourth-order valence-electron chi connectivity index (χ4n) is 5.61. The first kappa shape index (κ1) is 32.7. The molecule has 0 spiro atoms. The van der Waals surface area contributed by atoms with Crippen molar-refractivity contribution in [2.75, 3.05) is 30.9 Å². The zero-order valence-corrected chi connectivity index (χ0v) is 25.0. The fourth-order valence-corrected chi connectivity index (χ4v) is 5.61. The lowest BCUT2D eigenvalue weighted by molar-refractivity contribution is -0.143. The van der Waals surface area contributed by atoms with E-state index < -0.39 is 40.7 Å². The molecule has 0 saturated heterocycles. The molecule has 4 aromatic rings. The Balaban J connectivity index is 1.23. The van der Waals surface area contributed by atoms with E-state index in [0.717, 1.165) is 42.4 Å². The maximum absolute atomic E-state index is 13.4. The average molecular weight is 644 g/mol. The summed E-state index contributed by atoms with van der Waals surface area (Å²) in [6.07, 6.45) is -7.09. The van der Waals surface area contributed by atoms with Crippen molar-refractivity contribution in [2.45, 2.75) is 44.1 Å². The van der Waals surface area contributed by atoms with E-state index in [1.807, 2.05) is 43.3 Å². The van der Waals surface area contributed by atoms with Crippen molar-refractivity contribution in [1.29, 1.82) is 0 Å². The molecule has 0 aliphatic heterocycles. The Labute approximate surface area is 261 Å². The van der Waals surface area contributed by atoms with E-state index in [9.17, 15) is 35.9 Å². The van der Waals surface area contributed by atoms with Crippen molar-refractivity contribution in [3.8, 4) is 0 Å². The number of benzene rings is 3. The van der Waals surface area contributed by atoms with Gasteiger partial charge in [0.2, 0.25) is 5.95 Å². The van der Waals surface area contributed by atoms with Crippen LogP contribution in [-0.2, 0) is 12.4 Å². The lowest BCUT2D eigenvalue weighted by atomic mass is 9.86. The zero-order valence-electron chi connectivity index (χ0n) is 25.0. The van der Waals surface area contributed by atoms with E-state index in [4.69, 9.17) is 4.98 Å². The van der Waals surface area contributed by atoms with Crippen molar-refractivity contribution in [1.82, 2.24) is 15.3 Å². The van der Waals surface area contributed by atoms with Gasteiger partial charge in [-0.1, -0.05) is 30.3 Å². The van der Waals surface area contributed by atoms with Crippen LogP contribution in [0.4, 0.5) is 38.1 Å². The van der Waals surface area contributed by atoms with Crippen molar-refractivity contribution >= 4 is 34.4 Å². The van der Waals surface area contributed by atoms with Gasteiger partial charge in [0.05, 0.1) is 22.2 Å². The highest BCUT2D eigenvalue weighted by molar-refractivity contribution is 6.15. The van der Waals surface area contributed by atoms with Gasteiger partial charge in [-0.15, -0.1) is 0 Å². The summed E-state index contributed by atoms with van der Waals surface area (Å²) in [6.45, 7) is 0.285. The lowest BCUT2D eigenvalue weighted by Gasteiger charge is -2.29. The summed E-state index contributed by atoms with van der Waals surface area (Å²) in [4.78, 5) is 37.6. The third kappa shape index (κ3) is 7.40. The van der Waals surface area contributed by atoms with Crippen LogP contribution in [0.1, 0.15) is 63.1 Å². The van der Waals surface area contributed by atoms with Crippen LogP contribution in [0.15, 0.2) is 66.7 Å². The molecule has 7 nitrogen and oxygen atoms in total. The Kier molecular flexibility index (Phi) is 9.22. The van der Waals surface area contributed by atoms with Crippen LogP contribution in [0.3, 0.4) is 0 Å². The third-order valence-electron chi connectivity index (χ3n) is 8.00. The van der Waals surface area contributed by atoms with Crippen LogP contribution in [0, 0.1) is 5.92 Å². The minimum atomic E-state index is -5.11. The Morgan fingerprint density at radius 1 is 0.804 bits per heavy atom. The monoisotopic (exact) mass is 643 g/mol. The second-order valence-electron chi connectivity index (χ2n) is 11.5. The number of rotatable bonds is 8. The number of carbonyl (C=O) groups is 2. The Morgan fingerprint density at radius 3 is 2.00 bits per heavy atom. The molecule has 0 unspecified atom stereocenters. The summed E-state index contributed by atoms with van der Waals surface area (Å²) in [5, 5.41) is 7.16. The first-order chi connectivity index (χ1) is 21.7. The van der Waals surface area contributed by atoms with Crippen molar-refractivity contribution in [3.63, 3.8) is 0 Å². The van der Waals surface area contributed by atoms with Crippen LogP contribution in [0.2, 0.25) is 0 Å². The van der Waals surface area contributed by atoms with E-state index in [1.165, 1.54) is 24.3 Å². The summed E-state index contributed by atoms with van der Waals surface area (Å²) in [5.74, 6) is -0.312. The van der Waals surface area contributed by atoms with Crippen LogP contribution in [0.5, 0.6) is 0 Å². The van der Waals surface area contributed by atoms with Crippen molar-refractivity contribution in [3.05, 3.63) is 94.5 Å². The number of fused-ring (bicyclic) bond motifs is 1. The molecule has 5 rings (SSSR count). The molecule has 3 aromatic carbocycles. The van der Waals surface area contributed by atoms with E-state index in [1.54, 1.807) is 0 Å². The maximum atomic E-state index is 13.4. The summed E-state index contributed by atoms with van der Waals surface area (Å²) in [5.41, 5.74) is -3.65. The summed E-state index contributed by atoms with van der Waals surface area (Å²) in [7, 11) is 3.84. The topological polar surface area (TPSA) is 87.2 Å². The number of anilines is 2. The van der Waals surface area contributed by atoms with Crippen LogP contribution in [-0.4, -0.2) is 48.3 Å². The SMILES string of the molecule is CN(C)c1nc(N[C@H]2CC[C@@H](CNC(=O)c3ccccc3C(=O)c3cc(C(F)(F)F)cc(C(F)(F)F)c3)CC2)nc2ccccc12. The third-order valence-corrected chi connectivity index (χ3v) is 8.00. The molecule has 1 heterocycles. The van der Waals surface area contributed by atoms with Gasteiger partial charge in [0.15, 0.2) is 5.78 Å². The van der Waals surface area contributed by atoms with Crippen LogP contribution >= 0.6 is 0 Å². The van der Waals surface area contributed by atoms with E-state index in [0.29, 0.717) is 18.1 Å². The van der Waals surface area contributed by atoms with Gasteiger partial charge >= 0.3 is 12.4 Å². The summed E-state index contributed by atoms with van der Waals surface area (Å²) >= 11 is 0. The number of carbonyl (C=O) groups excluding carboxylic acids is 2. The zero-order chi connectivity index (χ0) is 33.2. The number of aromatic nitrogens is 2. The number of alkyl halides is 6. The van der Waals surface area contributed by atoms with Gasteiger partial charge in [-0.25, -0.2) is 4.98 Å². The second-order valence-corrected chi connectivity index (χ2v) is 11.5. The molecule has 1 fully saturated rings. The second kappa shape index (κ2) is 13.0. The fraction of sp³-hybridized carbons (Fsp3) is 0.333. The molecule has 0 radical (unpaired) electrons. The molecule has 46 heavy (non-hydrogen) atoms. The standard InChI is InChI=1S/C33H31F6N5O2/c1-44(2)29-26-9-5-6-10-27(26)42-31(43-29)41-23-13-11-19(12-14-23)18-40-30(46)25-8-4-3-7-24(25)28(45)20-15-21(32(34,35)36)17-22(16-20)33(37,38)39/h3-10,15-17,19,23H,11-14,18H2,1-2H3,(H,40,46)(H,41,42,43)/t19-,23+. The molecule has 2 N–H and O–H groups in total. The number of nitrogens with one attached hydrogen (secondary N) is 2. The molecular weight excluding hydrogens is 612 g/mol. The average Bonchev–Trinajstić information content (AvgIpc) is 3.02. The quantitative estimate of drug-likeness (QED) is 0.154. The predicted molar refractivity (Wildman–Crippen MR) is 162 cm³/mol. The molecule has 1 aromatic heterocycles. The number of hydrogen-bond acceptors (Lipinski definition) is 6. The molecular formula is C33H31F6N5O2. The molecule has 1 saturated carbocycles. The molecule has 13 heteroatoms. The van der Waals surface area contributed by atoms with E-state index in [2.05, 4.69) is 15.6 Å². The van der Waals surface area contributed by atoms with E-state index in [-0.39, 0.29) is 35.7 Å². The number of ketones is 1. The normalized spacial score (nSPS) is 17.0. The largest absolute Gasteiger partial charge is 0.416 e. The highest BCUT2D eigenvalue weighted by Gasteiger charge is 2.38. The van der Waals surface area contributed by atoms with Gasteiger partial charge in [0.25, 0.3) is 5.91 Å². The minimum absolute atomic E-state index is 0.0461. The van der Waals surface area contributed by atoms with Gasteiger partial charge in [-0.3, -0.25) is 9.59 Å². The van der Waals surface area contributed by atoms with Gasteiger partial charge in [0.1, 0.15) is 5.82 Å². The predicted octanol–water partition coefficient (Wildman–Crippen LogP) is 7.37. The van der Waals surface area contributed by atoms with E-state index >= 15 is 0 Å². The molecule has 242 valence electrons. The van der Waals surface area contributed by atoms with Crippen LogP contribution in [0.25, 0.3) is 10.9 Å². The Morgan fingerprint density at radius 2 is 1.39 bits per heavy atom. The summed E-state index contributed by atoms with van der Waals surface area (Å²) in [6, 6.07) is 13.9. The number of amides is 1. The number of hydrogen-bond donors (Lipinski definition) is 2. The maximum Gasteiger partial charge on any atom is 0.416 e. The molecule has 0 atom stereocenters. The molecule has 1 amide bonds. The first-order valence-corrected chi connectivity index (χ1v) is 14.6. The minimum Gasteiger partial charge on any atom is -0.362 e. The highest BCUT2D eigenvalue weighted by atomic mass is 19.4. The Bertz CT molecular complexity index is 1710. The smallest absolute Gasteiger partial charge is 0.362 e. The Hall–Kier alpha value is -4.68. The van der Waals surface area contributed by atoms with Gasteiger partial charge in [0, 0.05) is 43.2 Å². The van der Waals surface area contributed by atoms with Crippen molar-refractivity contribution in [2.24, 2.45) is 5.92 Å². The summed E-state index contributed by atoms with van der Waals surface area (Å²) < 4.78 is 80.2.